The van der Waals surface area contributed by atoms with Gasteiger partial charge in [0.2, 0.25) is 5.13 Å². The van der Waals surface area contributed by atoms with Crippen LogP contribution in [0.1, 0.15) is 15.9 Å². The van der Waals surface area contributed by atoms with Crippen LogP contribution in [0.2, 0.25) is 0 Å². The molecule has 0 saturated carbocycles. The summed E-state index contributed by atoms with van der Waals surface area (Å²) >= 11 is 2.41. The molecule has 0 aliphatic carbocycles. The molecule has 0 radical (unpaired) electrons. The van der Waals surface area contributed by atoms with Crippen molar-refractivity contribution in [2.24, 2.45) is 0 Å². The summed E-state index contributed by atoms with van der Waals surface area (Å²) in [6.07, 6.45) is 0. The van der Waals surface area contributed by atoms with Crippen LogP contribution < -0.4 is 5.32 Å². The largest absolute Gasteiger partial charge is 0.465 e. The van der Waals surface area contributed by atoms with Crippen molar-refractivity contribution in [3.05, 3.63) is 69.5 Å². The molecule has 0 spiro atoms. The molecule has 0 aliphatic heterocycles. The Bertz CT molecular complexity index is 1010. The summed E-state index contributed by atoms with van der Waals surface area (Å²) < 4.78 is 18.2. The van der Waals surface area contributed by atoms with Gasteiger partial charge in [0.05, 0.1) is 17.6 Å². The fourth-order valence-corrected chi connectivity index (χ4v) is 3.99. The van der Waals surface area contributed by atoms with E-state index in [0.717, 1.165) is 17.3 Å². The lowest BCUT2D eigenvalue weighted by atomic mass is 10.2. The Morgan fingerprint density at radius 2 is 2.04 bits per heavy atom. The van der Waals surface area contributed by atoms with Gasteiger partial charge in [0.1, 0.15) is 5.82 Å². The Balaban J connectivity index is 1.73. The third-order valence-electron chi connectivity index (χ3n) is 3.54. The molecule has 2 aromatic carbocycles. The molecule has 144 valence electrons. The fraction of sp³-hybridized carbons (Fsp3) is 0.118. The normalized spacial score (nSPS) is 10.5. The number of hydrogen-bond donors (Lipinski definition) is 1. The third kappa shape index (κ3) is 4.81. The Hall–Kier alpha value is -3.05. The van der Waals surface area contributed by atoms with E-state index in [-0.39, 0.29) is 17.1 Å². The molecule has 3 rings (SSSR count). The van der Waals surface area contributed by atoms with Crippen molar-refractivity contribution in [1.29, 1.82) is 0 Å². The first-order valence-corrected chi connectivity index (χ1v) is 9.46. The quantitative estimate of drug-likeness (QED) is 0.345. The van der Waals surface area contributed by atoms with E-state index < -0.39 is 10.9 Å². The van der Waals surface area contributed by atoms with Crippen LogP contribution >= 0.6 is 23.1 Å². The molecule has 1 aromatic heterocycles. The number of methoxy groups -OCH3 is 1. The van der Waals surface area contributed by atoms with Crippen molar-refractivity contribution in [1.82, 2.24) is 10.2 Å². The van der Waals surface area contributed by atoms with E-state index in [0.29, 0.717) is 20.9 Å². The Morgan fingerprint density at radius 3 is 2.71 bits per heavy atom. The number of non-ortho nitro benzene ring substituents is 1. The molecule has 28 heavy (non-hydrogen) atoms. The lowest BCUT2D eigenvalue weighted by molar-refractivity contribution is -0.384. The van der Waals surface area contributed by atoms with E-state index in [1.807, 2.05) is 0 Å². The minimum Gasteiger partial charge on any atom is -0.465 e. The Labute approximate surface area is 166 Å². The van der Waals surface area contributed by atoms with Gasteiger partial charge >= 0.3 is 5.97 Å². The number of nitro benzene ring substituents is 1. The molecule has 0 fully saturated rings. The van der Waals surface area contributed by atoms with E-state index in [1.54, 1.807) is 12.1 Å². The van der Waals surface area contributed by atoms with Gasteiger partial charge < -0.3 is 10.1 Å². The van der Waals surface area contributed by atoms with Gasteiger partial charge in [-0.3, -0.25) is 10.1 Å². The van der Waals surface area contributed by atoms with Gasteiger partial charge in [-0.2, -0.15) is 0 Å². The average Bonchev–Trinajstić information content (AvgIpc) is 3.14. The van der Waals surface area contributed by atoms with Crippen LogP contribution in [-0.4, -0.2) is 28.2 Å². The topological polar surface area (TPSA) is 107 Å². The fourth-order valence-electron chi connectivity index (χ4n) is 2.19. The summed E-state index contributed by atoms with van der Waals surface area (Å²) in [7, 11) is 1.21. The molecule has 3 aromatic rings. The second-order valence-corrected chi connectivity index (χ2v) is 7.65. The number of rotatable bonds is 7. The van der Waals surface area contributed by atoms with Crippen LogP contribution in [0.3, 0.4) is 0 Å². The van der Waals surface area contributed by atoms with Crippen molar-refractivity contribution in [3.63, 3.8) is 0 Å². The van der Waals surface area contributed by atoms with Crippen LogP contribution in [0.15, 0.2) is 51.7 Å². The molecular formula is C17H13FN4O4S2. The predicted molar refractivity (Wildman–Crippen MR) is 102 cm³/mol. The van der Waals surface area contributed by atoms with E-state index in [9.17, 15) is 19.3 Å². The number of nitrogens with one attached hydrogen (secondary N) is 1. The Morgan fingerprint density at radius 1 is 1.29 bits per heavy atom. The number of hydrogen-bond acceptors (Lipinski definition) is 9. The third-order valence-corrected chi connectivity index (χ3v) is 5.55. The Kier molecular flexibility index (Phi) is 6.16. The number of carbonyl (C=O) groups is 1. The van der Waals surface area contributed by atoms with Crippen LogP contribution in [-0.2, 0) is 11.3 Å². The highest BCUT2D eigenvalue weighted by atomic mass is 32.2. The number of ether oxygens (including phenoxy) is 1. The monoisotopic (exact) mass is 420 g/mol. The summed E-state index contributed by atoms with van der Waals surface area (Å²) in [5, 5.41) is 22.6. The maximum Gasteiger partial charge on any atom is 0.339 e. The van der Waals surface area contributed by atoms with E-state index in [1.165, 1.54) is 48.8 Å². The second kappa shape index (κ2) is 8.76. The van der Waals surface area contributed by atoms with Gasteiger partial charge in [-0.1, -0.05) is 35.2 Å². The number of anilines is 1. The minimum atomic E-state index is -0.676. The number of aromatic nitrogens is 2. The SMILES string of the molecule is COC(=O)c1cc([N+](=O)[O-])ccc1Sc1nnc(NCc2ccc(F)cc2)s1. The molecule has 0 amide bonds. The lowest BCUT2D eigenvalue weighted by Gasteiger charge is -2.05. The first-order valence-electron chi connectivity index (χ1n) is 7.82. The van der Waals surface area contributed by atoms with E-state index >= 15 is 0 Å². The van der Waals surface area contributed by atoms with Crippen molar-refractivity contribution in [3.8, 4) is 0 Å². The first kappa shape index (κ1) is 19.7. The zero-order valence-electron chi connectivity index (χ0n) is 14.4. The van der Waals surface area contributed by atoms with E-state index in [2.05, 4.69) is 15.5 Å². The minimum absolute atomic E-state index is 0.0812. The maximum atomic E-state index is 12.9. The molecule has 11 heteroatoms. The molecular weight excluding hydrogens is 407 g/mol. The van der Waals surface area contributed by atoms with Gasteiger partial charge in [0, 0.05) is 23.6 Å². The molecule has 1 N–H and O–H groups in total. The molecule has 0 saturated heterocycles. The number of benzene rings is 2. The van der Waals surface area contributed by atoms with Crippen molar-refractivity contribution in [2.75, 3.05) is 12.4 Å². The highest BCUT2D eigenvalue weighted by Crippen LogP contribution is 2.35. The summed E-state index contributed by atoms with van der Waals surface area (Å²) in [6, 6.07) is 10.0. The summed E-state index contributed by atoms with van der Waals surface area (Å²) in [5.74, 6) is -0.978. The van der Waals surface area contributed by atoms with Crippen molar-refractivity contribution >= 4 is 39.9 Å². The zero-order valence-corrected chi connectivity index (χ0v) is 16.1. The molecule has 8 nitrogen and oxygen atoms in total. The smallest absolute Gasteiger partial charge is 0.339 e. The number of nitro groups is 1. The number of carbonyl (C=O) groups excluding carboxylic acids is 1. The predicted octanol–water partition coefficient (Wildman–Crippen LogP) is 4.14. The number of esters is 1. The maximum absolute atomic E-state index is 12.9. The number of nitrogens with zero attached hydrogens (tertiary/aromatic N) is 3. The van der Waals surface area contributed by atoms with Crippen molar-refractivity contribution < 1.29 is 18.8 Å². The zero-order chi connectivity index (χ0) is 20.1. The van der Waals surface area contributed by atoms with Gasteiger partial charge in [0.15, 0.2) is 4.34 Å². The summed E-state index contributed by atoms with van der Waals surface area (Å²) in [5.41, 5.74) is 0.760. The van der Waals surface area contributed by atoms with Crippen LogP contribution in [0.5, 0.6) is 0 Å². The highest BCUT2D eigenvalue weighted by Gasteiger charge is 2.19. The molecule has 0 atom stereocenters. The van der Waals surface area contributed by atoms with Crippen molar-refractivity contribution in [2.45, 2.75) is 15.8 Å². The summed E-state index contributed by atoms with van der Waals surface area (Å²) in [4.78, 5) is 22.8. The highest BCUT2D eigenvalue weighted by molar-refractivity contribution is 8.01. The summed E-state index contributed by atoms with van der Waals surface area (Å²) in [6.45, 7) is 0.449. The van der Waals surface area contributed by atoms with Gasteiger partial charge in [0.25, 0.3) is 5.69 Å². The molecule has 0 aliphatic rings. The molecule has 0 bridgehead atoms. The van der Waals surface area contributed by atoms with Crippen LogP contribution in [0.25, 0.3) is 0 Å². The van der Waals surface area contributed by atoms with Crippen LogP contribution in [0, 0.1) is 15.9 Å². The van der Waals surface area contributed by atoms with E-state index in [4.69, 9.17) is 4.74 Å². The lowest BCUT2D eigenvalue weighted by Crippen LogP contribution is -2.04. The molecule has 0 unspecified atom stereocenters. The molecule has 1 heterocycles. The van der Waals surface area contributed by atoms with Crippen LogP contribution in [0.4, 0.5) is 15.2 Å². The number of halogens is 1. The first-order chi connectivity index (χ1) is 13.5. The average molecular weight is 420 g/mol. The second-order valence-electron chi connectivity index (χ2n) is 5.38. The van der Waals surface area contributed by atoms with Gasteiger partial charge in [-0.15, -0.1) is 10.2 Å². The van der Waals surface area contributed by atoms with Gasteiger partial charge in [-0.05, 0) is 23.8 Å². The standard InChI is InChI=1S/C17H13FN4O4S2/c1-26-15(23)13-8-12(22(24)25)6-7-14(13)27-17-21-20-16(28-17)19-9-10-2-4-11(18)5-3-10/h2-8H,9H2,1H3,(H,19,20). The van der Waals surface area contributed by atoms with Gasteiger partial charge in [-0.25, -0.2) is 9.18 Å².